The SMILES string of the molecule is CCNC(=NCC(=O)OC(C)(C)C)N(C)CCOCC1CC1. The highest BCUT2D eigenvalue weighted by Gasteiger charge is 2.21. The maximum atomic E-state index is 11.7. The fourth-order valence-corrected chi connectivity index (χ4v) is 1.82. The van der Waals surface area contributed by atoms with Crippen molar-refractivity contribution in [3.8, 4) is 0 Å². The Balaban J connectivity index is 2.36. The second kappa shape index (κ2) is 8.98. The van der Waals surface area contributed by atoms with Crippen molar-refractivity contribution in [3.05, 3.63) is 0 Å². The summed E-state index contributed by atoms with van der Waals surface area (Å²) in [5.74, 6) is 1.16. The molecule has 0 amide bonds. The number of carbonyl (C=O) groups is 1. The topological polar surface area (TPSA) is 63.2 Å². The van der Waals surface area contributed by atoms with Gasteiger partial charge in [-0.05, 0) is 46.5 Å². The average Bonchev–Trinajstić information content (AvgIpc) is 3.21. The summed E-state index contributed by atoms with van der Waals surface area (Å²) in [5.41, 5.74) is -0.479. The molecule has 22 heavy (non-hydrogen) atoms. The third kappa shape index (κ3) is 8.87. The number of hydrogen-bond acceptors (Lipinski definition) is 4. The van der Waals surface area contributed by atoms with Gasteiger partial charge < -0.3 is 19.7 Å². The zero-order valence-corrected chi connectivity index (χ0v) is 14.6. The van der Waals surface area contributed by atoms with Gasteiger partial charge in [0.2, 0.25) is 0 Å². The first-order chi connectivity index (χ1) is 10.3. The third-order valence-electron chi connectivity index (χ3n) is 3.10. The second-order valence-electron chi connectivity index (χ2n) is 6.70. The lowest BCUT2D eigenvalue weighted by Gasteiger charge is -2.22. The molecule has 0 spiro atoms. The standard InChI is InChI=1S/C16H31N3O3/c1-6-17-15(18-11-14(20)22-16(2,3)4)19(5)9-10-21-12-13-7-8-13/h13H,6-12H2,1-5H3,(H,17,18). The van der Waals surface area contributed by atoms with E-state index in [1.54, 1.807) is 0 Å². The number of aliphatic imine (C=N–C) groups is 1. The number of likely N-dealkylation sites (N-methyl/N-ethyl adjacent to an activating group) is 1. The van der Waals surface area contributed by atoms with Gasteiger partial charge in [0.05, 0.1) is 6.61 Å². The van der Waals surface area contributed by atoms with Crippen molar-refractivity contribution in [1.29, 1.82) is 0 Å². The van der Waals surface area contributed by atoms with E-state index in [4.69, 9.17) is 9.47 Å². The van der Waals surface area contributed by atoms with Crippen molar-refractivity contribution in [2.45, 2.75) is 46.1 Å². The Morgan fingerprint density at radius 1 is 1.36 bits per heavy atom. The molecule has 0 heterocycles. The quantitative estimate of drug-likeness (QED) is 0.319. The number of carbonyl (C=O) groups excluding carboxylic acids is 1. The molecule has 6 nitrogen and oxygen atoms in total. The first-order valence-corrected chi connectivity index (χ1v) is 8.11. The van der Waals surface area contributed by atoms with Crippen molar-refractivity contribution in [2.24, 2.45) is 10.9 Å². The van der Waals surface area contributed by atoms with Crippen LogP contribution in [-0.2, 0) is 14.3 Å². The van der Waals surface area contributed by atoms with Crippen LogP contribution in [0.1, 0.15) is 40.5 Å². The fraction of sp³-hybridized carbons (Fsp3) is 0.875. The highest BCUT2D eigenvalue weighted by atomic mass is 16.6. The van der Waals surface area contributed by atoms with E-state index in [1.807, 2.05) is 39.6 Å². The molecule has 1 aliphatic carbocycles. The van der Waals surface area contributed by atoms with Crippen LogP contribution in [0, 0.1) is 5.92 Å². The Hall–Kier alpha value is -1.30. The number of guanidine groups is 1. The molecule has 128 valence electrons. The van der Waals surface area contributed by atoms with Crippen molar-refractivity contribution in [2.75, 3.05) is 39.9 Å². The molecule has 0 radical (unpaired) electrons. The van der Waals surface area contributed by atoms with Crippen LogP contribution in [0.5, 0.6) is 0 Å². The molecule has 1 fully saturated rings. The smallest absolute Gasteiger partial charge is 0.328 e. The van der Waals surface area contributed by atoms with E-state index >= 15 is 0 Å². The van der Waals surface area contributed by atoms with E-state index in [0.29, 0.717) is 12.6 Å². The van der Waals surface area contributed by atoms with E-state index in [-0.39, 0.29) is 12.5 Å². The summed E-state index contributed by atoms with van der Waals surface area (Å²) in [6.45, 7) is 10.6. The average molecular weight is 313 g/mol. The first-order valence-electron chi connectivity index (χ1n) is 8.11. The summed E-state index contributed by atoms with van der Waals surface area (Å²) in [4.78, 5) is 18.0. The fourth-order valence-electron chi connectivity index (χ4n) is 1.82. The molecule has 1 N–H and O–H groups in total. The molecule has 0 unspecified atom stereocenters. The number of ether oxygens (including phenoxy) is 2. The molecular weight excluding hydrogens is 282 g/mol. The van der Waals surface area contributed by atoms with Gasteiger partial charge in [-0.3, -0.25) is 4.79 Å². The third-order valence-corrected chi connectivity index (χ3v) is 3.10. The van der Waals surface area contributed by atoms with Crippen LogP contribution in [0.2, 0.25) is 0 Å². The normalized spacial score (nSPS) is 15.6. The zero-order valence-electron chi connectivity index (χ0n) is 14.6. The van der Waals surface area contributed by atoms with Gasteiger partial charge in [0.15, 0.2) is 5.96 Å². The van der Waals surface area contributed by atoms with Crippen LogP contribution < -0.4 is 5.32 Å². The Kier molecular flexibility index (Phi) is 7.65. The number of nitrogens with one attached hydrogen (secondary N) is 1. The van der Waals surface area contributed by atoms with E-state index < -0.39 is 5.60 Å². The van der Waals surface area contributed by atoms with Gasteiger partial charge in [-0.15, -0.1) is 0 Å². The molecule has 0 bridgehead atoms. The summed E-state index contributed by atoms with van der Waals surface area (Å²) in [5, 5.41) is 3.18. The van der Waals surface area contributed by atoms with Crippen LogP contribution in [0.15, 0.2) is 4.99 Å². The van der Waals surface area contributed by atoms with Crippen molar-refractivity contribution >= 4 is 11.9 Å². The Bertz CT molecular complexity index is 373. The molecular formula is C16H31N3O3. The lowest BCUT2D eigenvalue weighted by atomic mass is 10.2. The monoisotopic (exact) mass is 313 g/mol. The lowest BCUT2D eigenvalue weighted by molar-refractivity contribution is -0.152. The molecule has 0 saturated heterocycles. The highest BCUT2D eigenvalue weighted by Crippen LogP contribution is 2.28. The maximum Gasteiger partial charge on any atom is 0.328 e. The van der Waals surface area contributed by atoms with Crippen LogP contribution in [0.3, 0.4) is 0 Å². The minimum Gasteiger partial charge on any atom is -0.459 e. The summed E-state index contributed by atoms with van der Waals surface area (Å²) in [6, 6.07) is 0. The van der Waals surface area contributed by atoms with Crippen LogP contribution >= 0.6 is 0 Å². The summed E-state index contributed by atoms with van der Waals surface area (Å²) >= 11 is 0. The molecule has 0 aliphatic heterocycles. The molecule has 1 saturated carbocycles. The Labute approximate surface area is 134 Å². The summed E-state index contributed by atoms with van der Waals surface area (Å²) in [7, 11) is 1.94. The van der Waals surface area contributed by atoms with E-state index in [0.717, 1.165) is 25.6 Å². The summed E-state index contributed by atoms with van der Waals surface area (Å²) in [6.07, 6.45) is 2.60. The van der Waals surface area contributed by atoms with Crippen LogP contribution in [0.25, 0.3) is 0 Å². The van der Waals surface area contributed by atoms with E-state index in [2.05, 4.69) is 10.3 Å². The number of nitrogens with zero attached hydrogens (tertiary/aromatic N) is 2. The van der Waals surface area contributed by atoms with Crippen LogP contribution in [0.4, 0.5) is 0 Å². The zero-order chi connectivity index (χ0) is 16.6. The van der Waals surface area contributed by atoms with Gasteiger partial charge in [-0.1, -0.05) is 0 Å². The van der Waals surface area contributed by atoms with Gasteiger partial charge in [0.1, 0.15) is 12.1 Å². The molecule has 0 atom stereocenters. The molecule has 0 aromatic carbocycles. The molecule has 6 heteroatoms. The first kappa shape index (κ1) is 18.7. The molecule has 0 aromatic rings. The van der Waals surface area contributed by atoms with Crippen molar-refractivity contribution < 1.29 is 14.3 Å². The van der Waals surface area contributed by atoms with Gasteiger partial charge in [-0.25, -0.2) is 4.99 Å². The number of hydrogen-bond donors (Lipinski definition) is 1. The lowest BCUT2D eigenvalue weighted by Crippen LogP contribution is -2.41. The highest BCUT2D eigenvalue weighted by molar-refractivity contribution is 5.83. The van der Waals surface area contributed by atoms with Gasteiger partial charge in [-0.2, -0.15) is 0 Å². The van der Waals surface area contributed by atoms with Gasteiger partial charge in [0.25, 0.3) is 0 Å². The maximum absolute atomic E-state index is 11.7. The Morgan fingerprint density at radius 2 is 2.05 bits per heavy atom. The summed E-state index contributed by atoms with van der Waals surface area (Å²) < 4.78 is 10.9. The number of rotatable bonds is 8. The van der Waals surface area contributed by atoms with Gasteiger partial charge in [0, 0.05) is 26.7 Å². The predicted octanol–water partition coefficient (Wildman–Crippen LogP) is 1.65. The van der Waals surface area contributed by atoms with Crippen molar-refractivity contribution in [1.82, 2.24) is 10.2 Å². The minimum absolute atomic E-state index is 0.0207. The molecule has 0 aromatic heterocycles. The minimum atomic E-state index is -0.479. The van der Waals surface area contributed by atoms with Crippen molar-refractivity contribution in [3.63, 3.8) is 0 Å². The number of esters is 1. The second-order valence-corrected chi connectivity index (χ2v) is 6.70. The van der Waals surface area contributed by atoms with Gasteiger partial charge >= 0.3 is 5.97 Å². The Morgan fingerprint density at radius 3 is 2.59 bits per heavy atom. The van der Waals surface area contributed by atoms with Crippen LogP contribution in [-0.4, -0.2) is 62.3 Å². The van der Waals surface area contributed by atoms with E-state index in [9.17, 15) is 4.79 Å². The largest absolute Gasteiger partial charge is 0.459 e. The predicted molar refractivity (Wildman–Crippen MR) is 88.0 cm³/mol. The van der Waals surface area contributed by atoms with E-state index in [1.165, 1.54) is 12.8 Å². The molecule has 1 rings (SSSR count). The molecule has 1 aliphatic rings.